The highest BCUT2D eigenvalue weighted by atomic mass is 32.2. The van der Waals surface area contributed by atoms with E-state index >= 15 is 0 Å². The monoisotopic (exact) mass is 408 g/mol. The first-order chi connectivity index (χ1) is 13.4. The summed E-state index contributed by atoms with van der Waals surface area (Å²) in [4.78, 5) is 1.96. The molecule has 152 valence electrons. The first-order valence-corrected chi connectivity index (χ1v) is 10.1. The molecule has 0 bridgehead atoms. The molecule has 0 spiro atoms. The lowest BCUT2D eigenvalue weighted by Crippen LogP contribution is -2.34. The molecular weight excluding hydrogens is 384 g/mol. The van der Waals surface area contributed by atoms with Crippen LogP contribution in [0.15, 0.2) is 41.3 Å². The Morgan fingerprint density at radius 3 is 2.50 bits per heavy atom. The lowest BCUT2D eigenvalue weighted by molar-refractivity contribution is 0.174. The Balaban J connectivity index is 1.84. The van der Waals surface area contributed by atoms with E-state index in [4.69, 9.17) is 18.9 Å². The average Bonchev–Trinajstić information content (AvgIpc) is 3.15. The van der Waals surface area contributed by atoms with Gasteiger partial charge in [-0.1, -0.05) is 6.07 Å². The van der Waals surface area contributed by atoms with Crippen molar-refractivity contribution in [3.05, 3.63) is 42.0 Å². The first kappa shape index (κ1) is 20.2. The van der Waals surface area contributed by atoms with Gasteiger partial charge in [-0.25, -0.2) is 13.1 Å². The Kier molecular flexibility index (Phi) is 5.97. The molecule has 0 saturated heterocycles. The van der Waals surface area contributed by atoms with Crippen molar-refractivity contribution in [3.8, 4) is 23.0 Å². The van der Waals surface area contributed by atoms with Crippen LogP contribution in [0.1, 0.15) is 11.6 Å². The summed E-state index contributed by atoms with van der Waals surface area (Å²) < 4.78 is 49.6. The number of hydrogen-bond acceptors (Lipinski definition) is 7. The molecule has 0 aromatic heterocycles. The van der Waals surface area contributed by atoms with Crippen LogP contribution in [0.25, 0.3) is 0 Å². The fourth-order valence-corrected chi connectivity index (χ4v) is 4.20. The normalized spacial score (nSPS) is 14.2. The molecular formula is C19H24N2O6S. The number of methoxy groups -OCH3 is 2. The predicted octanol–water partition coefficient (Wildman–Crippen LogP) is 2.01. The van der Waals surface area contributed by atoms with Crippen LogP contribution in [-0.4, -0.2) is 55.0 Å². The fraction of sp³-hybridized carbons (Fsp3) is 0.368. The number of nitrogens with one attached hydrogen (secondary N) is 1. The number of ether oxygens (including phenoxy) is 4. The molecule has 0 saturated carbocycles. The Morgan fingerprint density at radius 1 is 1.07 bits per heavy atom. The molecule has 1 heterocycles. The van der Waals surface area contributed by atoms with Crippen LogP contribution in [0.2, 0.25) is 0 Å². The maximum Gasteiger partial charge on any atom is 0.244 e. The van der Waals surface area contributed by atoms with E-state index in [2.05, 4.69) is 4.72 Å². The molecule has 0 radical (unpaired) electrons. The van der Waals surface area contributed by atoms with Gasteiger partial charge in [0.05, 0.1) is 14.2 Å². The van der Waals surface area contributed by atoms with Crippen LogP contribution in [0, 0.1) is 0 Å². The summed E-state index contributed by atoms with van der Waals surface area (Å²) in [5.74, 6) is 2.02. The van der Waals surface area contributed by atoms with Gasteiger partial charge in [0.2, 0.25) is 16.8 Å². The lowest BCUT2D eigenvalue weighted by atomic mass is 10.1. The molecule has 1 N–H and O–H groups in total. The third-order valence-electron chi connectivity index (χ3n) is 4.53. The average molecular weight is 408 g/mol. The number of fused-ring (bicyclic) bond motifs is 1. The molecule has 1 aliphatic rings. The molecule has 8 nitrogen and oxygen atoms in total. The third-order valence-corrected chi connectivity index (χ3v) is 5.98. The molecule has 1 atom stereocenters. The molecule has 0 aliphatic carbocycles. The zero-order valence-electron chi connectivity index (χ0n) is 16.3. The summed E-state index contributed by atoms with van der Waals surface area (Å²) in [6.45, 7) is 0.350. The van der Waals surface area contributed by atoms with Crippen molar-refractivity contribution in [1.82, 2.24) is 9.62 Å². The summed E-state index contributed by atoms with van der Waals surface area (Å²) in [7, 11) is 2.85. The van der Waals surface area contributed by atoms with Gasteiger partial charge in [-0.15, -0.1) is 0 Å². The minimum atomic E-state index is -3.82. The summed E-state index contributed by atoms with van der Waals surface area (Å²) in [5, 5.41) is 0. The summed E-state index contributed by atoms with van der Waals surface area (Å²) in [6, 6.07) is 10.0. The largest absolute Gasteiger partial charge is 0.497 e. The Labute approximate surface area is 165 Å². The highest BCUT2D eigenvalue weighted by Crippen LogP contribution is 2.35. The van der Waals surface area contributed by atoms with Gasteiger partial charge in [0.15, 0.2) is 11.5 Å². The number of nitrogens with zero attached hydrogens (tertiary/aromatic N) is 1. The van der Waals surface area contributed by atoms with Crippen molar-refractivity contribution >= 4 is 10.0 Å². The molecule has 28 heavy (non-hydrogen) atoms. The molecule has 2 aromatic rings. The second-order valence-corrected chi connectivity index (χ2v) is 8.20. The van der Waals surface area contributed by atoms with E-state index in [0.29, 0.717) is 17.2 Å². The van der Waals surface area contributed by atoms with Crippen molar-refractivity contribution in [3.63, 3.8) is 0 Å². The number of hydrogen-bond donors (Lipinski definition) is 1. The fourth-order valence-electron chi connectivity index (χ4n) is 2.98. The van der Waals surface area contributed by atoms with Crippen LogP contribution in [0.3, 0.4) is 0 Å². The van der Waals surface area contributed by atoms with Gasteiger partial charge in [-0.05, 0) is 43.9 Å². The van der Waals surface area contributed by atoms with E-state index in [0.717, 1.165) is 5.56 Å². The quantitative estimate of drug-likeness (QED) is 0.715. The SMILES string of the molecule is COc1ccc(OC)c(S(=O)(=O)NCC(c2ccc3c(c2)OCO3)N(C)C)c1. The van der Waals surface area contributed by atoms with Crippen LogP contribution >= 0.6 is 0 Å². The van der Waals surface area contributed by atoms with E-state index in [9.17, 15) is 8.42 Å². The zero-order chi connectivity index (χ0) is 20.3. The second-order valence-electron chi connectivity index (χ2n) is 6.46. The van der Waals surface area contributed by atoms with Crippen molar-refractivity contribution in [2.75, 3.05) is 41.7 Å². The number of likely N-dealkylation sites (N-methyl/N-ethyl adjacent to an activating group) is 1. The lowest BCUT2D eigenvalue weighted by Gasteiger charge is -2.25. The molecule has 3 rings (SSSR count). The molecule has 1 aliphatic heterocycles. The second kappa shape index (κ2) is 8.26. The standard InChI is InChI=1S/C19H24N2O6S/c1-21(2)15(13-5-7-16-18(9-13)27-12-26-16)11-20-28(22,23)19-10-14(24-3)6-8-17(19)25-4/h5-10,15,20H,11-12H2,1-4H3. The first-order valence-electron chi connectivity index (χ1n) is 8.63. The van der Waals surface area contributed by atoms with E-state index in [1.807, 2.05) is 37.2 Å². The Bertz CT molecular complexity index is 945. The zero-order valence-corrected chi connectivity index (χ0v) is 17.1. The van der Waals surface area contributed by atoms with Gasteiger partial charge in [-0.3, -0.25) is 0 Å². The van der Waals surface area contributed by atoms with Gasteiger partial charge in [0.1, 0.15) is 16.4 Å². The van der Waals surface area contributed by atoms with Crippen molar-refractivity contribution in [2.45, 2.75) is 10.9 Å². The van der Waals surface area contributed by atoms with Gasteiger partial charge in [-0.2, -0.15) is 0 Å². The van der Waals surface area contributed by atoms with E-state index in [1.165, 1.54) is 20.3 Å². The smallest absolute Gasteiger partial charge is 0.244 e. The van der Waals surface area contributed by atoms with E-state index in [1.54, 1.807) is 12.1 Å². The molecule has 1 unspecified atom stereocenters. The van der Waals surface area contributed by atoms with Crippen molar-refractivity contribution < 1.29 is 27.4 Å². The number of rotatable bonds is 8. The Morgan fingerprint density at radius 2 is 1.82 bits per heavy atom. The topological polar surface area (TPSA) is 86.3 Å². The molecule has 9 heteroatoms. The number of sulfonamides is 1. The summed E-state index contributed by atoms with van der Waals surface area (Å²) >= 11 is 0. The maximum atomic E-state index is 12.9. The van der Waals surface area contributed by atoms with Crippen LogP contribution in [0.5, 0.6) is 23.0 Å². The highest BCUT2D eigenvalue weighted by Gasteiger charge is 2.25. The predicted molar refractivity (Wildman–Crippen MR) is 104 cm³/mol. The minimum absolute atomic E-state index is 0.0255. The van der Waals surface area contributed by atoms with E-state index < -0.39 is 10.0 Å². The summed E-state index contributed by atoms with van der Waals surface area (Å²) in [6.07, 6.45) is 0. The number of benzene rings is 2. The van der Waals surface area contributed by atoms with Crippen LogP contribution in [0.4, 0.5) is 0 Å². The minimum Gasteiger partial charge on any atom is -0.497 e. The summed E-state index contributed by atoms with van der Waals surface area (Å²) in [5.41, 5.74) is 0.912. The van der Waals surface area contributed by atoms with Gasteiger partial charge < -0.3 is 23.8 Å². The molecule has 0 fully saturated rings. The van der Waals surface area contributed by atoms with Gasteiger partial charge >= 0.3 is 0 Å². The van der Waals surface area contributed by atoms with Crippen molar-refractivity contribution in [1.29, 1.82) is 0 Å². The molecule has 2 aromatic carbocycles. The molecule has 0 amide bonds. The van der Waals surface area contributed by atoms with Crippen LogP contribution in [-0.2, 0) is 10.0 Å². The van der Waals surface area contributed by atoms with Gasteiger partial charge in [0.25, 0.3) is 0 Å². The van der Waals surface area contributed by atoms with Gasteiger partial charge in [0, 0.05) is 18.7 Å². The Hall–Kier alpha value is -2.49. The highest BCUT2D eigenvalue weighted by molar-refractivity contribution is 7.89. The third kappa shape index (κ3) is 4.16. The van der Waals surface area contributed by atoms with Crippen molar-refractivity contribution in [2.24, 2.45) is 0 Å². The van der Waals surface area contributed by atoms with E-state index in [-0.39, 0.29) is 30.0 Å². The van der Waals surface area contributed by atoms with Crippen LogP contribution < -0.4 is 23.7 Å². The maximum absolute atomic E-state index is 12.9.